The number of rotatable bonds is 8. The maximum absolute atomic E-state index is 12.4. The SMILES string of the molecule is O=C(CCCBr)NCCS(=O)(=O)N1CCN(c2ccccn2)CC1. The third kappa shape index (κ3) is 5.71. The van der Waals surface area contributed by atoms with E-state index in [1.165, 1.54) is 4.31 Å². The average Bonchev–Trinajstić information content (AvgIpc) is 2.60. The molecule has 2 rings (SSSR count). The molecule has 1 aromatic rings. The van der Waals surface area contributed by atoms with Gasteiger partial charge in [-0.1, -0.05) is 22.0 Å². The molecule has 0 bridgehead atoms. The lowest BCUT2D eigenvalue weighted by molar-refractivity contribution is -0.120. The number of alkyl halides is 1. The molecule has 1 N–H and O–H groups in total. The van der Waals surface area contributed by atoms with Crippen molar-refractivity contribution in [3.63, 3.8) is 0 Å². The first kappa shape index (κ1) is 19.1. The number of piperazine rings is 1. The van der Waals surface area contributed by atoms with Gasteiger partial charge in [0.15, 0.2) is 0 Å². The molecule has 0 radical (unpaired) electrons. The number of carbonyl (C=O) groups is 1. The number of hydrogen-bond acceptors (Lipinski definition) is 5. The van der Waals surface area contributed by atoms with Crippen LogP contribution in [0.15, 0.2) is 24.4 Å². The van der Waals surface area contributed by atoms with Crippen molar-refractivity contribution in [3.8, 4) is 0 Å². The highest BCUT2D eigenvalue weighted by atomic mass is 79.9. The van der Waals surface area contributed by atoms with E-state index in [0.29, 0.717) is 32.6 Å². The van der Waals surface area contributed by atoms with Gasteiger partial charge >= 0.3 is 0 Å². The van der Waals surface area contributed by atoms with Crippen molar-refractivity contribution in [3.05, 3.63) is 24.4 Å². The van der Waals surface area contributed by atoms with E-state index in [-0.39, 0.29) is 18.2 Å². The average molecular weight is 419 g/mol. The van der Waals surface area contributed by atoms with Gasteiger partial charge in [-0.15, -0.1) is 0 Å². The Balaban J connectivity index is 1.76. The lowest BCUT2D eigenvalue weighted by Crippen LogP contribution is -2.50. The number of anilines is 1. The van der Waals surface area contributed by atoms with Crippen LogP contribution in [0.25, 0.3) is 0 Å². The van der Waals surface area contributed by atoms with E-state index in [2.05, 4.69) is 31.1 Å². The molecule has 9 heteroatoms. The van der Waals surface area contributed by atoms with E-state index in [1.807, 2.05) is 18.2 Å². The molecular weight excluding hydrogens is 396 g/mol. The second-order valence-electron chi connectivity index (χ2n) is 5.53. The minimum atomic E-state index is -3.34. The first-order valence-corrected chi connectivity index (χ1v) is 10.7. The molecule has 1 aromatic heterocycles. The first-order valence-electron chi connectivity index (χ1n) is 7.99. The molecule has 1 saturated heterocycles. The van der Waals surface area contributed by atoms with Crippen molar-refractivity contribution in [1.29, 1.82) is 0 Å². The van der Waals surface area contributed by atoms with Crippen molar-refractivity contribution < 1.29 is 13.2 Å². The Morgan fingerprint density at radius 3 is 2.62 bits per heavy atom. The summed E-state index contributed by atoms with van der Waals surface area (Å²) in [4.78, 5) is 17.9. The Morgan fingerprint density at radius 2 is 2.00 bits per heavy atom. The van der Waals surface area contributed by atoms with E-state index in [0.717, 1.165) is 17.6 Å². The Labute approximate surface area is 151 Å². The largest absolute Gasteiger partial charge is 0.355 e. The number of halogens is 1. The number of nitrogens with one attached hydrogen (secondary N) is 1. The number of hydrogen-bond donors (Lipinski definition) is 1. The number of pyridine rings is 1. The molecule has 1 amide bonds. The van der Waals surface area contributed by atoms with Crippen molar-refractivity contribution in [2.45, 2.75) is 12.8 Å². The summed E-state index contributed by atoms with van der Waals surface area (Å²) >= 11 is 3.26. The van der Waals surface area contributed by atoms with Crippen LogP contribution in [0.1, 0.15) is 12.8 Å². The Bertz CT molecular complexity index is 619. The van der Waals surface area contributed by atoms with Crippen LogP contribution < -0.4 is 10.2 Å². The number of amides is 1. The summed E-state index contributed by atoms with van der Waals surface area (Å²) in [6.45, 7) is 2.28. The van der Waals surface area contributed by atoms with Crippen LogP contribution in [-0.2, 0) is 14.8 Å². The quantitative estimate of drug-likeness (QED) is 0.632. The van der Waals surface area contributed by atoms with E-state index in [1.54, 1.807) is 6.20 Å². The molecule has 134 valence electrons. The molecule has 0 aliphatic carbocycles. The van der Waals surface area contributed by atoms with Gasteiger partial charge < -0.3 is 10.2 Å². The van der Waals surface area contributed by atoms with Gasteiger partial charge in [0.25, 0.3) is 0 Å². The Kier molecular flexibility index (Phi) is 7.44. The fourth-order valence-corrected chi connectivity index (χ4v) is 4.12. The Hall–Kier alpha value is -1.19. The third-order valence-electron chi connectivity index (χ3n) is 3.82. The fraction of sp³-hybridized carbons (Fsp3) is 0.600. The van der Waals surface area contributed by atoms with Crippen LogP contribution in [0.4, 0.5) is 5.82 Å². The van der Waals surface area contributed by atoms with Crippen molar-refractivity contribution in [2.75, 3.05) is 48.7 Å². The first-order chi connectivity index (χ1) is 11.5. The lowest BCUT2D eigenvalue weighted by Gasteiger charge is -2.34. The molecule has 1 aliphatic heterocycles. The smallest absolute Gasteiger partial charge is 0.220 e. The summed E-state index contributed by atoms with van der Waals surface area (Å²) in [5.41, 5.74) is 0. The zero-order chi connectivity index (χ0) is 17.4. The summed E-state index contributed by atoms with van der Waals surface area (Å²) in [6.07, 6.45) is 2.89. The van der Waals surface area contributed by atoms with Crippen LogP contribution in [0, 0.1) is 0 Å². The van der Waals surface area contributed by atoms with Crippen LogP contribution >= 0.6 is 15.9 Å². The van der Waals surface area contributed by atoms with E-state index in [9.17, 15) is 13.2 Å². The topological polar surface area (TPSA) is 82.6 Å². The molecule has 7 nitrogen and oxygen atoms in total. The molecule has 0 saturated carbocycles. The van der Waals surface area contributed by atoms with Gasteiger partial charge in [0.05, 0.1) is 5.75 Å². The van der Waals surface area contributed by atoms with Gasteiger partial charge in [-0.05, 0) is 18.6 Å². The summed E-state index contributed by atoms with van der Waals surface area (Å²) in [6, 6.07) is 5.70. The number of nitrogens with zero attached hydrogens (tertiary/aromatic N) is 3. The van der Waals surface area contributed by atoms with Crippen LogP contribution in [-0.4, -0.2) is 67.4 Å². The molecule has 0 unspecified atom stereocenters. The molecule has 0 aromatic carbocycles. The standard InChI is InChI=1S/C15H23BrN4O3S/c16-6-3-5-15(21)18-8-13-24(22,23)20-11-9-19(10-12-20)14-4-1-2-7-17-14/h1-2,4,7H,3,5-6,8-13H2,(H,18,21). The van der Waals surface area contributed by atoms with Gasteiger partial charge in [-0.3, -0.25) is 4.79 Å². The predicted octanol–water partition coefficient (Wildman–Crippen LogP) is 0.825. The molecular formula is C15H23BrN4O3S. The summed E-state index contributed by atoms with van der Waals surface area (Å²) in [7, 11) is -3.34. The van der Waals surface area contributed by atoms with E-state index in [4.69, 9.17) is 0 Å². The van der Waals surface area contributed by atoms with Crippen molar-refractivity contribution in [2.24, 2.45) is 0 Å². The zero-order valence-electron chi connectivity index (χ0n) is 13.5. The minimum absolute atomic E-state index is 0.0589. The van der Waals surface area contributed by atoms with E-state index < -0.39 is 10.0 Å². The molecule has 0 spiro atoms. The molecule has 2 heterocycles. The minimum Gasteiger partial charge on any atom is -0.355 e. The monoisotopic (exact) mass is 418 g/mol. The molecule has 24 heavy (non-hydrogen) atoms. The van der Waals surface area contributed by atoms with Crippen LogP contribution in [0.3, 0.4) is 0 Å². The van der Waals surface area contributed by atoms with Crippen LogP contribution in [0.5, 0.6) is 0 Å². The van der Waals surface area contributed by atoms with Crippen molar-refractivity contribution in [1.82, 2.24) is 14.6 Å². The maximum atomic E-state index is 12.4. The van der Waals surface area contributed by atoms with Crippen molar-refractivity contribution >= 4 is 37.7 Å². The summed E-state index contributed by atoms with van der Waals surface area (Å²) in [5.74, 6) is 0.703. The summed E-state index contributed by atoms with van der Waals surface area (Å²) in [5, 5.41) is 3.42. The number of sulfonamides is 1. The normalized spacial score (nSPS) is 16.1. The van der Waals surface area contributed by atoms with Gasteiger partial charge in [-0.2, -0.15) is 4.31 Å². The highest BCUT2D eigenvalue weighted by Gasteiger charge is 2.27. The van der Waals surface area contributed by atoms with Crippen LogP contribution in [0.2, 0.25) is 0 Å². The van der Waals surface area contributed by atoms with Gasteiger partial charge in [0, 0.05) is 50.7 Å². The molecule has 1 fully saturated rings. The highest BCUT2D eigenvalue weighted by molar-refractivity contribution is 9.09. The van der Waals surface area contributed by atoms with Gasteiger partial charge in [0.1, 0.15) is 5.82 Å². The van der Waals surface area contributed by atoms with Gasteiger partial charge in [0.2, 0.25) is 15.9 Å². The molecule has 1 aliphatic rings. The second kappa shape index (κ2) is 9.33. The second-order valence-corrected chi connectivity index (χ2v) is 8.41. The zero-order valence-corrected chi connectivity index (χ0v) is 15.9. The Morgan fingerprint density at radius 1 is 1.25 bits per heavy atom. The lowest BCUT2D eigenvalue weighted by atomic mass is 10.3. The summed E-state index contributed by atoms with van der Waals surface area (Å²) < 4.78 is 26.2. The third-order valence-corrected chi connectivity index (χ3v) is 6.26. The number of carbonyl (C=O) groups excluding carboxylic acids is 1. The maximum Gasteiger partial charge on any atom is 0.220 e. The highest BCUT2D eigenvalue weighted by Crippen LogP contribution is 2.14. The number of aromatic nitrogens is 1. The fourth-order valence-electron chi connectivity index (χ4n) is 2.50. The van der Waals surface area contributed by atoms with Gasteiger partial charge in [-0.25, -0.2) is 13.4 Å². The predicted molar refractivity (Wildman–Crippen MR) is 97.8 cm³/mol. The molecule has 0 atom stereocenters. The van der Waals surface area contributed by atoms with E-state index >= 15 is 0 Å².